The number of hydrogen-bond donors (Lipinski definition) is 4. The number of fused-ring (bicyclic) bond motifs is 3. The molecule has 6 heterocycles. The van der Waals surface area contributed by atoms with Crippen LogP contribution in [0.1, 0.15) is 42.7 Å². The van der Waals surface area contributed by atoms with Crippen LogP contribution in [0.5, 0.6) is 5.75 Å². The summed E-state index contributed by atoms with van der Waals surface area (Å²) in [6.45, 7) is 6.04. The predicted molar refractivity (Wildman–Crippen MR) is 161 cm³/mol. The van der Waals surface area contributed by atoms with Crippen LogP contribution in [0.15, 0.2) is 55.0 Å². The van der Waals surface area contributed by atoms with Gasteiger partial charge >= 0.3 is 6.09 Å². The van der Waals surface area contributed by atoms with Gasteiger partial charge in [-0.3, -0.25) is 14.7 Å². The van der Waals surface area contributed by atoms with Gasteiger partial charge < -0.3 is 30.3 Å². The molecule has 2 aliphatic heterocycles. The SMILES string of the molecule is Cc1cc(-c2ccn3nc(Nc4ccc(C(=O)NCC(C)(C)O)cn4)cc3c2)c(OC2C[C@H]3COC[C@@H](C2)N3C(=O)O)cn1. The zero-order valence-electron chi connectivity index (χ0n) is 24.7. The van der Waals surface area contributed by atoms with Gasteiger partial charge in [0.1, 0.15) is 17.7 Å². The maximum atomic E-state index is 12.3. The minimum atomic E-state index is -1.01. The Morgan fingerprint density at radius 2 is 1.84 bits per heavy atom. The average molecular weight is 602 g/mol. The Morgan fingerprint density at radius 1 is 1.07 bits per heavy atom. The van der Waals surface area contributed by atoms with Gasteiger partial charge in [-0.1, -0.05) is 0 Å². The first-order valence-electron chi connectivity index (χ1n) is 14.5. The van der Waals surface area contributed by atoms with Crippen molar-refractivity contribution in [2.45, 2.75) is 57.4 Å². The fraction of sp³-hybridized carbons (Fsp3) is 0.387. The molecule has 4 aromatic heterocycles. The van der Waals surface area contributed by atoms with E-state index in [1.807, 2.05) is 37.4 Å². The molecule has 0 saturated carbocycles. The van der Waals surface area contributed by atoms with E-state index in [4.69, 9.17) is 9.47 Å². The number of rotatable bonds is 8. The Kier molecular flexibility index (Phi) is 7.82. The van der Waals surface area contributed by atoms with Gasteiger partial charge in [0.25, 0.3) is 5.91 Å². The van der Waals surface area contributed by atoms with E-state index in [1.165, 1.54) is 11.1 Å². The number of aryl methyl sites for hydroxylation is 1. The van der Waals surface area contributed by atoms with E-state index in [0.29, 0.717) is 49.0 Å². The standard InChI is InChI=1S/C31H35N7O6/c1-18-8-25(26(14-32-18)44-24-10-22-15-43-16-23(11-24)38(22)30(40)41)19-6-7-37-21(9-19)12-28(36-37)35-27-5-4-20(13-33-27)29(39)34-17-31(2,3)42/h4-9,12-14,22-24,42H,10-11,15-17H2,1-3H3,(H,34,39)(H,40,41)(H,33,35,36)/t22-,23+,24?. The number of carboxylic acid groups (broad SMARTS) is 1. The van der Waals surface area contributed by atoms with Crippen molar-refractivity contribution in [3.05, 3.63) is 66.2 Å². The third-order valence-corrected chi connectivity index (χ3v) is 7.73. The predicted octanol–water partition coefficient (Wildman–Crippen LogP) is 3.63. The maximum Gasteiger partial charge on any atom is 0.407 e. The van der Waals surface area contributed by atoms with E-state index in [2.05, 4.69) is 25.7 Å². The second-order valence-electron chi connectivity index (χ2n) is 11.9. The number of ether oxygens (including phenoxy) is 2. The molecule has 2 fully saturated rings. The topological polar surface area (TPSA) is 163 Å². The summed E-state index contributed by atoms with van der Waals surface area (Å²) in [5.41, 5.74) is 2.88. The first-order chi connectivity index (χ1) is 21.0. The van der Waals surface area contributed by atoms with Crippen LogP contribution in [0.25, 0.3) is 16.6 Å². The minimum absolute atomic E-state index is 0.129. The molecule has 0 aromatic carbocycles. The van der Waals surface area contributed by atoms with Crippen molar-refractivity contribution in [1.82, 2.24) is 29.8 Å². The molecule has 2 bridgehead atoms. The molecule has 230 valence electrons. The second-order valence-corrected chi connectivity index (χ2v) is 11.9. The Hall–Kier alpha value is -4.75. The molecule has 2 amide bonds. The van der Waals surface area contributed by atoms with E-state index < -0.39 is 11.7 Å². The number of hydrogen-bond acceptors (Lipinski definition) is 9. The molecule has 2 saturated heterocycles. The molecule has 0 radical (unpaired) electrons. The molecule has 2 aliphatic rings. The summed E-state index contributed by atoms with van der Waals surface area (Å²) in [4.78, 5) is 34.4. The third-order valence-electron chi connectivity index (χ3n) is 7.73. The van der Waals surface area contributed by atoms with Gasteiger partial charge in [-0.2, -0.15) is 5.10 Å². The summed E-state index contributed by atoms with van der Waals surface area (Å²) in [7, 11) is 0. The number of piperidine rings is 1. The van der Waals surface area contributed by atoms with Crippen LogP contribution in [0.4, 0.5) is 16.4 Å². The lowest BCUT2D eigenvalue weighted by molar-refractivity contribution is -0.0857. The summed E-state index contributed by atoms with van der Waals surface area (Å²) in [6.07, 6.45) is 5.09. The number of aromatic nitrogens is 4. The van der Waals surface area contributed by atoms with Crippen molar-refractivity contribution in [2.24, 2.45) is 0 Å². The lowest BCUT2D eigenvalue weighted by atomic mass is 9.92. The molecule has 1 unspecified atom stereocenters. The number of aliphatic hydroxyl groups is 1. The Balaban J connectivity index is 1.17. The fourth-order valence-corrected chi connectivity index (χ4v) is 5.68. The summed E-state index contributed by atoms with van der Waals surface area (Å²) in [5.74, 6) is 1.43. The number of nitrogens with zero attached hydrogens (tertiary/aromatic N) is 5. The highest BCUT2D eigenvalue weighted by Crippen LogP contribution is 2.36. The number of amides is 2. The highest BCUT2D eigenvalue weighted by atomic mass is 16.5. The van der Waals surface area contributed by atoms with E-state index in [9.17, 15) is 19.8 Å². The molecule has 3 atom stereocenters. The molecule has 4 aromatic rings. The van der Waals surface area contributed by atoms with E-state index in [0.717, 1.165) is 22.3 Å². The van der Waals surface area contributed by atoms with Gasteiger partial charge in [-0.05, 0) is 56.7 Å². The van der Waals surface area contributed by atoms with Crippen molar-refractivity contribution in [2.75, 3.05) is 25.1 Å². The fourth-order valence-electron chi connectivity index (χ4n) is 5.68. The van der Waals surface area contributed by atoms with Crippen LogP contribution in [-0.2, 0) is 4.74 Å². The maximum absolute atomic E-state index is 12.3. The normalized spacial score (nSPS) is 19.9. The van der Waals surface area contributed by atoms with Crippen LogP contribution in [0, 0.1) is 6.92 Å². The molecule has 0 aliphatic carbocycles. The number of morpholine rings is 1. The van der Waals surface area contributed by atoms with E-state index in [-0.39, 0.29) is 30.6 Å². The lowest BCUT2D eigenvalue weighted by Gasteiger charge is -2.46. The molecule has 44 heavy (non-hydrogen) atoms. The number of anilines is 2. The number of pyridine rings is 3. The first kappa shape index (κ1) is 29.3. The zero-order valence-corrected chi connectivity index (χ0v) is 24.7. The molecule has 6 rings (SSSR count). The van der Waals surface area contributed by atoms with Gasteiger partial charge in [0, 0.05) is 49.1 Å². The van der Waals surface area contributed by atoms with Crippen molar-refractivity contribution < 1.29 is 29.3 Å². The largest absolute Gasteiger partial charge is 0.488 e. The molecule has 0 spiro atoms. The van der Waals surface area contributed by atoms with Crippen LogP contribution in [-0.4, -0.2) is 90.2 Å². The Bertz CT molecular complexity index is 1670. The van der Waals surface area contributed by atoms with Crippen LogP contribution < -0.4 is 15.4 Å². The molecular weight excluding hydrogens is 566 g/mol. The van der Waals surface area contributed by atoms with Crippen LogP contribution in [0.2, 0.25) is 0 Å². The smallest absolute Gasteiger partial charge is 0.407 e. The van der Waals surface area contributed by atoms with Crippen molar-refractivity contribution in [3.63, 3.8) is 0 Å². The van der Waals surface area contributed by atoms with Crippen LogP contribution >= 0.6 is 0 Å². The Morgan fingerprint density at radius 3 is 2.52 bits per heavy atom. The van der Waals surface area contributed by atoms with Gasteiger partial charge in [-0.25, -0.2) is 14.3 Å². The highest BCUT2D eigenvalue weighted by Gasteiger charge is 2.42. The molecular formula is C31H35N7O6. The molecule has 13 heteroatoms. The Labute approximate surface area is 253 Å². The summed E-state index contributed by atoms with van der Waals surface area (Å²) >= 11 is 0. The summed E-state index contributed by atoms with van der Waals surface area (Å²) in [5, 5.41) is 29.9. The molecule has 4 N–H and O–H groups in total. The number of carbonyl (C=O) groups is 2. The van der Waals surface area contributed by atoms with Gasteiger partial charge in [-0.15, -0.1) is 0 Å². The minimum Gasteiger partial charge on any atom is -0.488 e. The van der Waals surface area contributed by atoms with Gasteiger partial charge in [0.2, 0.25) is 0 Å². The molecule has 13 nitrogen and oxygen atoms in total. The van der Waals surface area contributed by atoms with Crippen LogP contribution in [0.3, 0.4) is 0 Å². The van der Waals surface area contributed by atoms with Crippen molar-refractivity contribution in [3.8, 4) is 16.9 Å². The first-order valence-corrected chi connectivity index (χ1v) is 14.5. The van der Waals surface area contributed by atoms with E-state index >= 15 is 0 Å². The quantitative estimate of drug-likeness (QED) is 0.234. The van der Waals surface area contributed by atoms with Gasteiger partial charge in [0.05, 0.1) is 48.2 Å². The zero-order chi connectivity index (χ0) is 31.0. The van der Waals surface area contributed by atoms with Crippen molar-refractivity contribution in [1.29, 1.82) is 0 Å². The summed E-state index contributed by atoms with van der Waals surface area (Å²) in [6, 6.07) is 10.7. The third kappa shape index (κ3) is 6.43. The van der Waals surface area contributed by atoms with E-state index in [1.54, 1.807) is 36.7 Å². The van der Waals surface area contributed by atoms with Gasteiger partial charge in [0.15, 0.2) is 5.82 Å². The number of nitrogens with one attached hydrogen (secondary N) is 2. The monoisotopic (exact) mass is 601 g/mol. The average Bonchev–Trinajstić information content (AvgIpc) is 3.37. The van der Waals surface area contributed by atoms with Crippen molar-refractivity contribution >= 4 is 29.2 Å². The summed E-state index contributed by atoms with van der Waals surface area (Å²) < 4.78 is 13.9. The lowest BCUT2D eigenvalue weighted by Crippen LogP contribution is -2.60. The number of carbonyl (C=O) groups excluding carboxylic acids is 1. The second kappa shape index (κ2) is 11.7. The highest BCUT2D eigenvalue weighted by molar-refractivity contribution is 5.94.